The molecule has 1 aliphatic rings. The van der Waals surface area contributed by atoms with E-state index in [2.05, 4.69) is 4.98 Å². The van der Waals surface area contributed by atoms with Crippen LogP contribution in [0.15, 0.2) is 59.8 Å². The van der Waals surface area contributed by atoms with Crippen LogP contribution in [0, 0.1) is 0 Å². The summed E-state index contributed by atoms with van der Waals surface area (Å²) in [5, 5.41) is 0. The molecule has 2 heterocycles. The fraction of sp³-hybridized carbons (Fsp3) is 0. The fourth-order valence-electron chi connectivity index (χ4n) is 2.04. The van der Waals surface area contributed by atoms with Gasteiger partial charge in [-0.3, -0.25) is 9.78 Å². The molecule has 0 atom stereocenters. The van der Waals surface area contributed by atoms with Crippen LogP contribution in [0.5, 0.6) is 0 Å². The second-order valence-corrected chi connectivity index (χ2v) is 6.00. The Morgan fingerprint density at radius 2 is 1.79 bits per heavy atom. The highest BCUT2D eigenvalue weighted by atomic mass is 32.2. The second kappa shape index (κ2) is 4.13. The number of carbonyl (C=O) groups excluding carboxylic acids is 1. The van der Waals surface area contributed by atoms with E-state index in [1.54, 1.807) is 30.5 Å². The highest BCUT2D eigenvalue weighted by molar-refractivity contribution is 8.00. The molecule has 2 aromatic rings. The van der Waals surface area contributed by atoms with Gasteiger partial charge < -0.3 is 0 Å². The van der Waals surface area contributed by atoms with Gasteiger partial charge in [0.2, 0.25) is 9.84 Å². The van der Waals surface area contributed by atoms with Crippen LogP contribution in [0.3, 0.4) is 0 Å². The van der Waals surface area contributed by atoms with E-state index in [1.807, 2.05) is 0 Å². The standard InChI is InChI=1S/C14H9NO3S/c16-12-8-14(10-4-3-7-15-9-10)19(17,18)13-6-2-1-5-11(12)13/h1-9H. The number of benzene rings is 1. The van der Waals surface area contributed by atoms with E-state index in [1.165, 1.54) is 18.3 Å². The molecule has 1 aliphatic heterocycles. The van der Waals surface area contributed by atoms with Gasteiger partial charge in [0.1, 0.15) is 0 Å². The van der Waals surface area contributed by atoms with Crippen molar-refractivity contribution in [3.05, 3.63) is 66.0 Å². The van der Waals surface area contributed by atoms with E-state index < -0.39 is 9.84 Å². The monoisotopic (exact) mass is 271 g/mol. The summed E-state index contributed by atoms with van der Waals surface area (Å²) < 4.78 is 25.0. The van der Waals surface area contributed by atoms with Crippen molar-refractivity contribution in [2.24, 2.45) is 0 Å². The van der Waals surface area contributed by atoms with Gasteiger partial charge in [-0.1, -0.05) is 18.2 Å². The number of ketones is 1. The van der Waals surface area contributed by atoms with Crippen LogP contribution in [-0.4, -0.2) is 19.2 Å². The molecule has 0 aliphatic carbocycles. The van der Waals surface area contributed by atoms with Gasteiger partial charge >= 0.3 is 0 Å². The summed E-state index contributed by atoms with van der Waals surface area (Å²) in [6.07, 6.45) is 4.15. The van der Waals surface area contributed by atoms with Crippen molar-refractivity contribution >= 4 is 20.5 Å². The Labute approximate surface area is 110 Å². The van der Waals surface area contributed by atoms with E-state index >= 15 is 0 Å². The molecular formula is C14H9NO3S. The topological polar surface area (TPSA) is 64.1 Å². The van der Waals surface area contributed by atoms with Gasteiger partial charge in [-0.2, -0.15) is 0 Å². The Balaban J connectivity index is 2.28. The third-order valence-corrected chi connectivity index (χ3v) is 4.81. The maximum atomic E-state index is 12.5. The third-order valence-electron chi connectivity index (χ3n) is 2.94. The Kier molecular flexibility index (Phi) is 2.57. The molecule has 0 unspecified atom stereocenters. The van der Waals surface area contributed by atoms with Gasteiger partial charge in [0.15, 0.2) is 5.78 Å². The molecular weight excluding hydrogens is 262 g/mol. The van der Waals surface area contributed by atoms with Crippen molar-refractivity contribution in [3.8, 4) is 0 Å². The molecule has 3 rings (SSSR count). The van der Waals surface area contributed by atoms with Gasteiger partial charge in [-0.15, -0.1) is 0 Å². The van der Waals surface area contributed by atoms with E-state index in [0.717, 1.165) is 6.08 Å². The van der Waals surface area contributed by atoms with Crippen molar-refractivity contribution in [2.75, 3.05) is 0 Å². The molecule has 0 spiro atoms. The summed E-state index contributed by atoms with van der Waals surface area (Å²) in [5.74, 6) is -0.302. The van der Waals surface area contributed by atoms with Crippen molar-refractivity contribution in [1.82, 2.24) is 4.98 Å². The maximum absolute atomic E-state index is 12.5. The Bertz CT molecular complexity index is 792. The van der Waals surface area contributed by atoms with Gasteiger partial charge in [-0.05, 0) is 18.2 Å². The van der Waals surface area contributed by atoms with Gasteiger partial charge in [0, 0.05) is 29.6 Å². The number of pyridine rings is 1. The smallest absolute Gasteiger partial charge is 0.208 e. The first-order chi connectivity index (χ1) is 9.10. The summed E-state index contributed by atoms with van der Waals surface area (Å²) in [7, 11) is -3.67. The number of hydrogen-bond donors (Lipinski definition) is 0. The number of aromatic nitrogens is 1. The van der Waals surface area contributed by atoms with Crippen molar-refractivity contribution in [1.29, 1.82) is 0 Å². The molecule has 1 aromatic carbocycles. The third kappa shape index (κ3) is 1.79. The lowest BCUT2D eigenvalue weighted by Gasteiger charge is -2.16. The first kappa shape index (κ1) is 11.8. The number of nitrogens with zero attached hydrogens (tertiary/aromatic N) is 1. The molecule has 94 valence electrons. The lowest BCUT2D eigenvalue weighted by molar-refractivity contribution is 0.104. The second-order valence-electron chi connectivity index (χ2n) is 4.11. The van der Waals surface area contributed by atoms with E-state index in [-0.39, 0.29) is 21.1 Å². The molecule has 5 heteroatoms. The number of rotatable bonds is 1. The zero-order valence-electron chi connectivity index (χ0n) is 9.78. The van der Waals surface area contributed by atoms with Crippen LogP contribution in [0.1, 0.15) is 15.9 Å². The minimum Gasteiger partial charge on any atom is -0.289 e. The summed E-state index contributed by atoms with van der Waals surface area (Å²) in [6.45, 7) is 0. The molecule has 0 fully saturated rings. The molecule has 0 bridgehead atoms. The number of carbonyl (C=O) groups is 1. The highest BCUT2D eigenvalue weighted by Gasteiger charge is 2.31. The minimum absolute atomic E-state index is 0.00398. The zero-order chi connectivity index (χ0) is 13.5. The Morgan fingerprint density at radius 3 is 2.53 bits per heavy atom. The quantitative estimate of drug-likeness (QED) is 0.796. The Hall–Kier alpha value is -2.27. The predicted molar refractivity (Wildman–Crippen MR) is 70.2 cm³/mol. The number of hydrogen-bond acceptors (Lipinski definition) is 4. The van der Waals surface area contributed by atoms with Crippen LogP contribution in [0.2, 0.25) is 0 Å². The fourth-order valence-corrected chi connectivity index (χ4v) is 3.69. The first-order valence-electron chi connectivity index (χ1n) is 5.61. The minimum atomic E-state index is -3.67. The van der Waals surface area contributed by atoms with Gasteiger partial charge in [0.25, 0.3) is 0 Å². The largest absolute Gasteiger partial charge is 0.289 e. The summed E-state index contributed by atoms with van der Waals surface area (Å²) in [4.78, 5) is 15.9. The van der Waals surface area contributed by atoms with Crippen LogP contribution < -0.4 is 0 Å². The van der Waals surface area contributed by atoms with Crippen LogP contribution in [-0.2, 0) is 9.84 Å². The molecule has 4 nitrogen and oxygen atoms in total. The van der Waals surface area contributed by atoms with E-state index in [0.29, 0.717) is 5.56 Å². The van der Waals surface area contributed by atoms with Crippen molar-refractivity contribution < 1.29 is 13.2 Å². The molecule has 1 aromatic heterocycles. The van der Waals surface area contributed by atoms with E-state index in [4.69, 9.17) is 0 Å². The molecule has 0 amide bonds. The number of sulfone groups is 1. The average Bonchev–Trinajstić information content (AvgIpc) is 2.44. The van der Waals surface area contributed by atoms with Crippen LogP contribution in [0.4, 0.5) is 0 Å². The Morgan fingerprint density at radius 1 is 1.00 bits per heavy atom. The zero-order valence-corrected chi connectivity index (χ0v) is 10.6. The van der Waals surface area contributed by atoms with Crippen LogP contribution >= 0.6 is 0 Å². The lowest BCUT2D eigenvalue weighted by atomic mass is 10.1. The average molecular weight is 271 g/mol. The SMILES string of the molecule is O=C1C=C(c2cccnc2)S(=O)(=O)c2ccccc21. The molecule has 0 saturated carbocycles. The molecule has 0 saturated heterocycles. The molecule has 19 heavy (non-hydrogen) atoms. The molecule has 0 radical (unpaired) electrons. The normalized spacial score (nSPS) is 16.6. The van der Waals surface area contributed by atoms with Gasteiger partial charge in [0.05, 0.1) is 9.80 Å². The summed E-state index contributed by atoms with van der Waals surface area (Å²) in [6, 6.07) is 9.48. The van der Waals surface area contributed by atoms with E-state index in [9.17, 15) is 13.2 Å². The lowest BCUT2D eigenvalue weighted by Crippen LogP contribution is -2.16. The first-order valence-corrected chi connectivity index (χ1v) is 7.09. The van der Waals surface area contributed by atoms with Crippen molar-refractivity contribution in [3.63, 3.8) is 0 Å². The summed E-state index contributed by atoms with van der Waals surface area (Å²) in [5.41, 5.74) is 0.639. The predicted octanol–water partition coefficient (Wildman–Crippen LogP) is 2.09. The number of allylic oxidation sites excluding steroid dienone is 1. The molecule has 0 N–H and O–H groups in total. The van der Waals surface area contributed by atoms with Crippen molar-refractivity contribution in [2.45, 2.75) is 4.90 Å². The highest BCUT2D eigenvalue weighted by Crippen LogP contribution is 2.34. The summed E-state index contributed by atoms with van der Waals surface area (Å²) >= 11 is 0. The number of fused-ring (bicyclic) bond motifs is 1. The van der Waals surface area contributed by atoms with Gasteiger partial charge in [-0.25, -0.2) is 8.42 Å². The van der Waals surface area contributed by atoms with Crippen LogP contribution in [0.25, 0.3) is 4.91 Å². The maximum Gasteiger partial charge on any atom is 0.208 e.